The van der Waals surface area contributed by atoms with Crippen LogP contribution in [0.25, 0.3) is 0 Å². The van der Waals surface area contributed by atoms with Gasteiger partial charge < -0.3 is 25.0 Å². The van der Waals surface area contributed by atoms with Gasteiger partial charge in [-0.05, 0) is 43.3 Å². The Morgan fingerprint density at radius 1 is 0.966 bits per heavy atom. The summed E-state index contributed by atoms with van der Waals surface area (Å²) in [6.07, 6.45) is 0. The first-order chi connectivity index (χ1) is 14.2. The quantitative estimate of drug-likeness (QED) is 0.655. The lowest BCUT2D eigenvalue weighted by Crippen LogP contribution is -2.36. The molecule has 0 saturated carbocycles. The van der Waals surface area contributed by atoms with E-state index in [1.807, 2.05) is 55.5 Å². The summed E-state index contributed by atoms with van der Waals surface area (Å²) in [5, 5.41) is 6.72. The van der Waals surface area contributed by atoms with Crippen LogP contribution < -0.4 is 20.3 Å². The van der Waals surface area contributed by atoms with Crippen LogP contribution in [-0.2, 0) is 4.74 Å². The lowest BCUT2D eigenvalue weighted by atomic mass is 10.2. The zero-order valence-corrected chi connectivity index (χ0v) is 16.7. The van der Waals surface area contributed by atoms with Gasteiger partial charge in [-0.3, -0.25) is 0 Å². The summed E-state index contributed by atoms with van der Waals surface area (Å²) in [5.74, 6) is 2.10. The third-order valence-corrected chi connectivity index (χ3v) is 4.72. The van der Waals surface area contributed by atoms with E-state index in [2.05, 4.69) is 31.6 Å². The van der Waals surface area contributed by atoms with Crippen LogP contribution in [0.4, 0.5) is 28.8 Å². The Morgan fingerprint density at radius 3 is 2.48 bits per heavy atom. The van der Waals surface area contributed by atoms with Gasteiger partial charge in [0.25, 0.3) is 0 Å². The minimum absolute atomic E-state index is 0.557. The number of hydrogen-bond donors (Lipinski definition) is 2. The molecule has 0 aliphatic carbocycles. The second kappa shape index (κ2) is 8.79. The van der Waals surface area contributed by atoms with Crippen molar-refractivity contribution in [2.45, 2.75) is 6.92 Å². The maximum Gasteiger partial charge on any atom is 0.229 e. The van der Waals surface area contributed by atoms with E-state index in [0.29, 0.717) is 5.95 Å². The van der Waals surface area contributed by atoms with E-state index >= 15 is 0 Å². The SMILES string of the molecule is COc1ccc(Nc2cc(C)nc(Nc3ccccc3N3CCOCC3)n2)cc1. The second-order valence-corrected chi connectivity index (χ2v) is 6.81. The molecule has 1 saturated heterocycles. The van der Waals surface area contributed by atoms with Gasteiger partial charge in [0.05, 0.1) is 31.7 Å². The lowest BCUT2D eigenvalue weighted by molar-refractivity contribution is 0.123. The number of nitrogens with one attached hydrogen (secondary N) is 2. The highest BCUT2D eigenvalue weighted by Crippen LogP contribution is 2.29. The predicted octanol–water partition coefficient (Wildman–Crippen LogP) is 4.12. The molecule has 1 fully saturated rings. The van der Waals surface area contributed by atoms with Gasteiger partial charge in [-0.1, -0.05) is 12.1 Å². The van der Waals surface area contributed by atoms with E-state index in [4.69, 9.17) is 9.47 Å². The fourth-order valence-corrected chi connectivity index (χ4v) is 3.29. The number of nitrogens with zero attached hydrogens (tertiary/aromatic N) is 3. The first-order valence-electron chi connectivity index (χ1n) is 9.67. The summed E-state index contributed by atoms with van der Waals surface area (Å²) in [6, 6.07) is 17.9. The Labute approximate surface area is 170 Å². The third-order valence-electron chi connectivity index (χ3n) is 4.72. The molecule has 0 radical (unpaired) electrons. The normalized spacial score (nSPS) is 13.8. The number of anilines is 5. The molecule has 7 heteroatoms. The highest BCUT2D eigenvalue weighted by Gasteiger charge is 2.15. The summed E-state index contributed by atoms with van der Waals surface area (Å²) in [4.78, 5) is 11.5. The molecular formula is C22H25N5O2. The summed E-state index contributed by atoms with van der Waals surface area (Å²) >= 11 is 0. The molecule has 1 aliphatic rings. The molecule has 4 rings (SSSR count). The van der Waals surface area contributed by atoms with Crippen molar-refractivity contribution >= 4 is 28.8 Å². The molecule has 2 heterocycles. The highest BCUT2D eigenvalue weighted by molar-refractivity contribution is 5.74. The van der Waals surface area contributed by atoms with E-state index in [0.717, 1.165) is 60.6 Å². The van der Waals surface area contributed by atoms with Crippen LogP contribution in [0.5, 0.6) is 5.75 Å². The van der Waals surface area contributed by atoms with E-state index < -0.39 is 0 Å². The van der Waals surface area contributed by atoms with Crippen LogP contribution in [0.3, 0.4) is 0 Å². The highest BCUT2D eigenvalue weighted by atomic mass is 16.5. The van der Waals surface area contributed by atoms with Crippen molar-refractivity contribution in [2.24, 2.45) is 0 Å². The minimum atomic E-state index is 0.557. The molecule has 2 N–H and O–H groups in total. The Kier molecular flexibility index (Phi) is 5.76. The third kappa shape index (κ3) is 4.75. The molecule has 1 aliphatic heterocycles. The monoisotopic (exact) mass is 391 g/mol. The largest absolute Gasteiger partial charge is 0.497 e. The minimum Gasteiger partial charge on any atom is -0.497 e. The topological polar surface area (TPSA) is 71.5 Å². The second-order valence-electron chi connectivity index (χ2n) is 6.81. The van der Waals surface area contributed by atoms with Gasteiger partial charge in [-0.2, -0.15) is 4.98 Å². The molecule has 150 valence electrons. The van der Waals surface area contributed by atoms with Crippen LogP contribution in [0.15, 0.2) is 54.6 Å². The summed E-state index contributed by atoms with van der Waals surface area (Å²) < 4.78 is 10.7. The van der Waals surface area contributed by atoms with Crippen LogP contribution >= 0.6 is 0 Å². The first kappa shape index (κ1) is 19.0. The Balaban J connectivity index is 1.55. The number of rotatable bonds is 6. The number of para-hydroxylation sites is 2. The van der Waals surface area contributed by atoms with Gasteiger partial charge in [0.2, 0.25) is 5.95 Å². The standard InChI is InChI=1S/C22H25N5O2/c1-16-15-21(24-17-7-9-18(28-2)10-8-17)26-22(23-16)25-19-5-3-4-6-20(19)27-11-13-29-14-12-27/h3-10,15H,11-14H2,1-2H3,(H2,23,24,25,26). The molecule has 2 aromatic carbocycles. The fourth-order valence-electron chi connectivity index (χ4n) is 3.29. The summed E-state index contributed by atoms with van der Waals surface area (Å²) in [7, 11) is 1.66. The van der Waals surface area contributed by atoms with Crippen LogP contribution in [0.2, 0.25) is 0 Å². The van der Waals surface area contributed by atoms with Crippen LogP contribution in [-0.4, -0.2) is 43.4 Å². The van der Waals surface area contributed by atoms with Crippen molar-refractivity contribution in [3.8, 4) is 5.75 Å². The smallest absolute Gasteiger partial charge is 0.229 e. The van der Waals surface area contributed by atoms with Crippen LogP contribution in [0, 0.1) is 6.92 Å². The molecule has 0 unspecified atom stereocenters. The lowest BCUT2D eigenvalue weighted by Gasteiger charge is -2.30. The Morgan fingerprint density at radius 2 is 1.72 bits per heavy atom. The average molecular weight is 391 g/mol. The van der Waals surface area contributed by atoms with Gasteiger partial charge in [0.1, 0.15) is 11.6 Å². The Hall–Kier alpha value is -3.32. The van der Waals surface area contributed by atoms with Gasteiger partial charge in [0, 0.05) is 30.5 Å². The maximum absolute atomic E-state index is 5.48. The molecule has 0 atom stereocenters. The van der Waals surface area contributed by atoms with E-state index in [9.17, 15) is 0 Å². The predicted molar refractivity (Wildman–Crippen MR) is 116 cm³/mol. The van der Waals surface area contributed by atoms with Crippen molar-refractivity contribution in [1.82, 2.24) is 9.97 Å². The van der Waals surface area contributed by atoms with E-state index in [1.54, 1.807) is 7.11 Å². The number of aryl methyl sites for hydroxylation is 1. The number of hydrogen-bond acceptors (Lipinski definition) is 7. The van der Waals surface area contributed by atoms with Crippen molar-refractivity contribution in [3.63, 3.8) is 0 Å². The molecule has 1 aromatic heterocycles. The van der Waals surface area contributed by atoms with Gasteiger partial charge >= 0.3 is 0 Å². The van der Waals surface area contributed by atoms with Crippen molar-refractivity contribution in [2.75, 3.05) is 48.9 Å². The molecule has 0 bridgehead atoms. The van der Waals surface area contributed by atoms with Gasteiger partial charge in [0.15, 0.2) is 0 Å². The number of ether oxygens (including phenoxy) is 2. The molecule has 7 nitrogen and oxygen atoms in total. The van der Waals surface area contributed by atoms with Crippen molar-refractivity contribution in [1.29, 1.82) is 0 Å². The number of morpholine rings is 1. The average Bonchev–Trinajstić information content (AvgIpc) is 2.75. The Bertz CT molecular complexity index is 956. The summed E-state index contributed by atoms with van der Waals surface area (Å²) in [6.45, 7) is 5.19. The zero-order chi connectivity index (χ0) is 20.1. The molecule has 3 aromatic rings. The van der Waals surface area contributed by atoms with Crippen molar-refractivity contribution in [3.05, 3.63) is 60.3 Å². The molecule has 0 amide bonds. The first-order valence-corrected chi connectivity index (χ1v) is 9.67. The fraction of sp³-hybridized carbons (Fsp3) is 0.273. The molecule has 0 spiro atoms. The van der Waals surface area contributed by atoms with E-state index in [1.165, 1.54) is 0 Å². The number of aromatic nitrogens is 2. The molecule has 29 heavy (non-hydrogen) atoms. The van der Waals surface area contributed by atoms with Gasteiger partial charge in [-0.15, -0.1) is 0 Å². The van der Waals surface area contributed by atoms with Crippen molar-refractivity contribution < 1.29 is 9.47 Å². The number of methoxy groups -OCH3 is 1. The van der Waals surface area contributed by atoms with E-state index in [-0.39, 0.29) is 0 Å². The summed E-state index contributed by atoms with van der Waals surface area (Å²) in [5.41, 5.74) is 3.92. The van der Waals surface area contributed by atoms with Gasteiger partial charge in [-0.25, -0.2) is 4.98 Å². The maximum atomic E-state index is 5.48. The van der Waals surface area contributed by atoms with Crippen LogP contribution in [0.1, 0.15) is 5.69 Å². The molecular weight excluding hydrogens is 366 g/mol. The zero-order valence-electron chi connectivity index (χ0n) is 16.7. The number of benzene rings is 2.